The van der Waals surface area contributed by atoms with Gasteiger partial charge in [-0.1, -0.05) is 50.6 Å². The van der Waals surface area contributed by atoms with Crippen LogP contribution in [0, 0.1) is 0 Å². The second-order valence-electron chi connectivity index (χ2n) is 7.57. The molecule has 0 saturated heterocycles. The predicted molar refractivity (Wildman–Crippen MR) is 120 cm³/mol. The molecule has 3 rings (SSSR count). The number of nitrogen functional groups attached to an aromatic ring is 1. The Morgan fingerprint density at radius 1 is 1.19 bits per heavy atom. The molecule has 0 spiro atoms. The smallest absolute Gasteiger partial charge is 0.330 e. The number of rotatable bonds is 9. The molecule has 0 bridgehead atoms. The fraction of sp³-hybridized carbons (Fsp3) is 0.348. The van der Waals surface area contributed by atoms with E-state index >= 15 is 0 Å². The summed E-state index contributed by atoms with van der Waals surface area (Å²) in [4.78, 5) is 42.0. The van der Waals surface area contributed by atoms with Crippen LogP contribution in [0.1, 0.15) is 50.4 Å². The van der Waals surface area contributed by atoms with Crippen LogP contribution >= 0.6 is 0 Å². The van der Waals surface area contributed by atoms with Gasteiger partial charge in [0.2, 0.25) is 5.91 Å². The maximum absolute atomic E-state index is 13.4. The molecule has 1 atom stereocenters. The summed E-state index contributed by atoms with van der Waals surface area (Å²) >= 11 is 0. The Kier molecular flexibility index (Phi) is 7.12. The summed E-state index contributed by atoms with van der Waals surface area (Å²) < 4.78 is 6.72. The highest BCUT2D eigenvalue weighted by Gasteiger charge is 2.26. The first kappa shape index (κ1) is 22.1. The molecular formula is C23H28N4O4. The Labute approximate surface area is 180 Å². The standard InChI is InChI=1S/C23H28N4O4/c1-3-4-12-26-21(24)20(22(29)25-23(26)30)27(15-18-11-8-13-31-18)19(28)14-16(2)17-9-6-5-7-10-17/h5-11,13,16H,3-4,12,14-15,24H2,1-2H3,(H,25,29,30). The van der Waals surface area contributed by atoms with Crippen LogP contribution in [-0.4, -0.2) is 15.5 Å². The molecule has 1 aromatic carbocycles. The van der Waals surface area contributed by atoms with Crippen LogP contribution in [0.4, 0.5) is 11.5 Å². The third-order valence-electron chi connectivity index (χ3n) is 5.26. The summed E-state index contributed by atoms with van der Waals surface area (Å²) in [5, 5.41) is 0. The van der Waals surface area contributed by atoms with Crippen molar-refractivity contribution in [3.05, 3.63) is 80.9 Å². The number of aromatic amines is 1. The monoisotopic (exact) mass is 424 g/mol. The Bertz CT molecular complexity index is 1120. The number of hydrogen-bond donors (Lipinski definition) is 2. The maximum Gasteiger partial charge on any atom is 0.330 e. The van der Waals surface area contributed by atoms with Crippen LogP contribution in [0.3, 0.4) is 0 Å². The molecule has 2 heterocycles. The molecule has 0 saturated carbocycles. The molecule has 3 N–H and O–H groups in total. The quantitative estimate of drug-likeness (QED) is 0.547. The lowest BCUT2D eigenvalue weighted by Gasteiger charge is -2.25. The average Bonchev–Trinajstić information content (AvgIpc) is 3.26. The lowest BCUT2D eigenvalue weighted by Crippen LogP contribution is -2.41. The zero-order valence-electron chi connectivity index (χ0n) is 17.8. The van der Waals surface area contributed by atoms with Gasteiger partial charge in [-0.25, -0.2) is 4.79 Å². The van der Waals surface area contributed by atoms with E-state index in [1.165, 1.54) is 15.7 Å². The van der Waals surface area contributed by atoms with Gasteiger partial charge in [0.15, 0.2) is 5.69 Å². The van der Waals surface area contributed by atoms with E-state index in [0.29, 0.717) is 18.7 Å². The van der Waals surface area contributed by atoms with Crippen LogP contribution in [0.5, 0.6) is 0 Å². The van der Waals surface area contributed by atoms with Crippen molar-refractivity contribution in [3.8, 4) is 0 Å². The number of furan rings is 1. The lowest BCUT2D eigenvalue weighted by molar-refractivity contribution is -0.119. The Balaban J connectivity index is 2.00. The van der Waals surface area contributed by atoms with Crippen LogP contribution in [0.2, 0.25) is 0 Å². The number of anilines is 2. The summed E-state index contributed by atoms with van der Waals surface area (Å²) in [7, 11) is 0. The fourth-order valence-corrected chi connectivity index (χ4v) is 3.50. The number of nitrogens with two attached hydrogens (primary N) is 1. The second-order valence-corrected chi connectivity index (χ2v) is 7.57. The van der Waals surface area contributed by atoms with E-state index < -0.39 is 11.2 Å². The van der Waals surface area contributed by atoms with Crippen molar-refractivity contribution >= 4 is 17.4 Å². The first-order valence-corrected chi connectivity index (χ1v) is 10.4. The molecule has 0 fully saturated rings. The molecule has 164 valence electrons. The number of aromatic nitrogens is 2. The molecule has 31 heavy (non-hydrogen) atoms. The van der Waals surface area contributed by atoms with Crippen molar-refractivity contribution in [2.45, 2.75) is 52.1 Å². The highest BCUT2D eigenvalue weighted by atomic mass is 16.3. The third kappa shape index (κ3) is 5.14. The Hall–Kier alpha value is -3.55. The highest BCUT2D eigenvalue weighted by Crippen LogP contribution is 2.25. The van der Waals surface area contributed by atoms with E-state index in [4.69, 9.17) is 10.2 Å². The van der Waals surface area contributed by atoms with Crippen molar-refractivity contribution in [3.63, 3.8) is 0 Å². The van der Waals surface area contributed by atoms with Crippen molar-refractivity contribution in [2.75, 3.05) is 10.6 Å². The summed E-state index contributed by atoms with van der Waals surface area (Å²) in [6.45, 7) is 4.33. The number of nitrogens with zero attached hydrogens (tertiary/aromatic N) is 2. The van der Waals surface area contributed by atoms with Crippen molar-refractivity contribution in [1.82, 2.24) is 9.55 Å². The minimum Gasteiger partial charge on any atom is -0.467 e. The predicted octanol–water partition coefficient (Wildman–Crippen LogP) is 3.24. The van der Waals surface area contributed by atoms with Gasteiger partial charge in [-0.3, -0.25) is 24.0 Å². The molecule has 0 aliphatic heterocycles. The SMILES string of the molecule is CCCCn1c(N)c(N(Cc2ccco2)C(=O)CC(C)c2ccccc2)c(=O)[nH]c1=O. The zero-order chi connectivity index (χ0) is 22.4. The lowest BCUT2D eigenvalue weighted by atomic mass is 9.97. The molecule has 8 nitrogen and oxygen atoms in total. The van der Waals surface area contributed by atoms with E-state index in [1.807, 2.05) is 44.2 Å². The molecular weight excluding hydrogens is 396 g/mol. The van der Waals surface area contributed by atoms with Gasteiger partial charge in [0.25, 0.3) is 5.56 Å². The van der Waals surface area contributed by atoms with Gasteiger partial charge in [-0.2, -0.15) is 0 Å². The van der Waals surface area contributed by atoms with Gasteiger partial charge in [-0.05, 0) is 30.0 Å². The van der Waals surface area contributed by atoms with Crippen LogP contribution in [0.15, 0.2) is 62.7 Å². The van der Waals surface area contributed by atoms with E-state index in [9.17, 15) is 14.4 Å². The van der Waals surface area contributed by atoms with E-state index in [0.717, 1.165) is 12.0 Å². The minimum atomic E-state index is -0.692. The third-order valence-corrected chi connectivity index (χ3v) is 5.26. The highest BCUT2D eigenvalue weighted by molar-refractivity contribution is 5.95. The number of amides is 1. The van der Waals surface area contributed by atoms with Gasteiger partial charge >= 0.3 is 5.69 Å². The molecule has 2 aromatic heterocycles. The van der Waals surface area contributed by atoms with Crippen LogP contribution in [0.25, 0.3) is 0 Å². The fourth-order valence-electron chi connectivity index (χ4n) is 3.50. The first-order valence-electron chi connectivity index (χ1n) is 10.4. The number of H-pyrrole nitrogens is 1. The van der Waals surface area contributed by atoms with Gasteiger partial charge in [0.1, 0.15) is 11.6 Å². The zero-order valence-corrected chi connectivity index (χ0v) is 17.8. The largest absolute Gasteiger partial charge is 0.467 e. The van der Waals surface area contributed by atoms with Crippen molar-refractivity contribution in [2.24, 2.45) is 0 Å². The second kappa shape index (κ2) is 9.97. The number of unbranched alkanes of at least 4 members (excludes halogenated alkanes) is 1. The summed E-state index contributed by atoms with van der Waals surface area (Å²) in [6, 6.07) is 13.1. The normalized spacial score (nSPS) is 11.9. The van der Waals surface area contributed by atoms with Gasteiger partial charge < -0.3 is 10.2 Å². The summed E-state index contributed by atoms with van der Waals surface area (Å²) in [5.74, 6) is 0.130. The molecule has 3 aromatic rings. The Morgan fingerprint density at radius 2 is 1.94 bits per heavy atom. The molecule has 0 aliphatic carbocycles. The van der Waals surface area contributed by atoms with Gasteiger partial charge in [-0.15, -0.1) is 0 Å². The number of hydrogen-bond acceptors (Lipinski definition) is 5. The van der Waals surface area contributed by atoms with E-state index in [1.54, 1.807) is 12.1 Å². The molecule has 1 amide bonds. The topological polar surface area (TPSA) is 114 Å². The molecule has 1 unspecified atom stereocenters. The number of nitrogens with one attached hydrogen (secondary N) is 1. The summed E-state index contributed by atoms with van der Waals surface area (Å²) in [5.41, 5.74) is 5.97. The van der Waals surface area contributed by atoms with Crippen molar-refractivity contribution < 1.29 is 9.21 Å². The Morgan fingerprint density at radius 3 is 2.58 bits per heavy atom. The van der Waals surface area contributed by atoms with Crippen molar-refractivity contribution in [1.29, 1.82) is 0 Å². The molecule has 8 heteroatoms. The van der Waals surface area contributed by atoms with Gasteiger partial charge in [0, 0.05) is 13.0 Å². The maximum atomic E-state index is 13.4. The number of carbonyl (C=O) groups is 1. The molecule has 0 aliphatic rings. The number of benzene rings is 1. The number of carbonyl (C=O) groups excluding carboxylic acids is 1. The minimum absolute atomic E-state index is 0.0190. The first-order chi connectivity index (χ1) is 14.9. The van der Waals surface area contributed by atoms with Crippen LogP contribution in [-0.2, 0) is 17.9 Å². The van der Waals surface area contributed by atoms with Gasteiger partial charge in [0.05, 0.1) is 12.8 Å². The average molecular weight is 425 g/mol. The van der Waals surface area contributed by atoms with Crippen LogP contribution < -0.4 is 21.9 Å². The van der Waals surface area contributed by atoms with E-state index in [2.05, 4.69) is 4.98 Å². The summed E-state index contributed by atoms with van der Waals surface area (Å²) in [6.07, 6.45) is 3.23. The molecule has 0 radical (unpaired) electrons. The van der Waals surface area contributed by atoms with E-state index in [-0.39, 0.29) is 36.3 Å².